The Balaban J connectivity index is 2.42. The molecule has 0 aromatic heterocycles. The molecule has 5 nitrogen and oxygen atoms in total. The van der Waals surface area contributed by atoms with Crippen LogP contribution in [0.1, 0.15) is 26.2 Å². The van der Waals surface area contributed by atoms with Crippen LogP contribution in [-0.2, 0) is 9.59 Å². The molecule has 0 aliphatic rings. The number of amides is 1. The van der Waals surface area contributed by atoms with Gasteiger partial charge in [0, 0.05) is 11.8 Å². The van der Waals surface area contributed by atoms with E-state index in [1.807, 2.05) is 0 Å². The number of hydrogen-bond donors (Lipinski definition) is 1. The number of hydrogen-bond acceptors (Lipinski definition) is 4. The molecule has 5 heteroatoms. The predicted octanol–water partition coefficient (Wildman–Crippen LogP) is 1.50. The van der Waals surface area contributed by atoms with E-state index in [-0.39, 0.29) is 0 Å². The van der Waals surface area contributed by atoms with Crippen LogP contribution in [0.25, 0.3) is 0 Å². The molecule has 0 aliphatic carbocycles. The normalized spacial score (nSPS) is 10.4. The lowest BCUT2D eigenvalue weighted by Crippen LogP contribution is -2.20. The van der Waals surface area contributed by atoms with E-state index in [1.165, 1.54) is 0 Å². The van der Waals surface area contributed by atoms with Crippen LogP contribution in [0.3, 0.4) is 0 Å². The standard InChI is InChI=1S/C15H19NO4/c1-2-3-4-11-20-13-7-5-12(6-8-13)16-14(17)9-10-15(18)19/h5-10H,2-4,11H2,1H3,(H,16,17)(H,18,19)/p-1/b10-9-. The fourth-order valence-electron chi connectivity index (χ4n) is 1.50. The molecule has 0 saturated carbocycles. The van der Waals surface area contributed by atoms with Crippen molar-refractivity contribution < 1.29 is 19.4 Å². The van der Waals surface area contributed by atoms with Crippen molar-refractivity contribution >= 4 is 17.6 Å². The lowest BCUT2D eigenvalue weighted by molar-refractivity contribution is -0.297. The van der Waals surface area contributed by atoms with Gasteiger partial charge in [0.2, 0.25) is 5.91 Å². The van der Waals surface area contributed by atoms with E-state index in [0.29, 0.717) is 18.4 Å². The van der Waals surface area contributed by atoms with Gasteiger partial charge in [0.1, 0.15) is 5.75 Å². The molecule has 0 fully saturated rings. The van der Waals surface area contributed by atoms with Gasteiger partial charge in [0.15, 0.2) is 0 Å². The molecule has 20 heavy (non-hydrogen) atoms. The first-order valence-electron chi connectivity index (χ1n) is 6.54. The van der Waals surface area contributed by atoms with Gasteiger partial charge in [-0.1, -0.05) is 19.8 Å². The monoisotopic (exact) mass is 276 g/mol. The van der Waals surface area contributed by atoms with Gasteiger partial charge in [-0.05, 0) is 36.8 Å². The molecule has 0 aliphatic heterocycles. The minimum Gasteiger partial charge on any atom is -0.545 e. The quantitative estimate of drug-likeness (QED) is 0.576. The fraction of sp³-hybridized carbons (Fsp3) is 0.333. The molecule has 0 radical (unpaired) electrons. The van der Waals surface area contributed by atoms with Crippen LogP contribution in [0.5, 0.6) is 5.75 Å². The summed E-state index contributed by atoms with van der Waals surface area (Å²) >= 11 is 0. The lowest BCUT2D eigenvalue weighted by atomic mass is 10.2. The van der Waals surface area contributed by atoms with Gasteiger partial charge < -0.3 is 20.0 Å². The van der Waals surface area contributed by atoms with Crippen molar-refractivity contribution in [1.82, 2.24) is 0 Å². The number of anilines is 1. The summed E-state index contributed by atoms with van der Waals surface area (Å²) in [5, 5.41) is 12.7. The summed E-state index contributed by atoms with van der Waals surface area (Å²) in [5.41, 5.74) is 0.568. The summed E-state index contributed by atoms with van der Waals surface area (Å²) in [5.74, 6) is -1.19. The van der Waals surface area contributed by atoms with E-state index in [4.69, 9.17) is 4.74 Å². The van der Waals surface area contributed by atoms with Crippen molar-refractivity contribution in [3.8, 4) is 5.75 Å². The number of carbonyl (C=O) groups is 2. The predicted molar refractivity (Wildman–Crippen MR) is 74.2 cm³/mol. The SMILES string of the molecule is CCCCCOc1ccc(NC(=O)/C=C\C(=O)[O-])cc1. The Morgan fingerprint density at radius 1 is 1.20 bits per heavy atom. The molecule has 0 atom stereocenters. The zero-order valence-electron chi connectivity index (χ0n) is 11.4. The maximum Gasteiger partial charge on any atom is 0.248 e. The minimum atomic E-state index is -1.41. The van der Waals surface area contributed by atoms with Gasteiger partial charge in [-0.2, -0.15) is 0 Å². The van der Waals surface area contributed by atoms with E-state index in [1.54, 1.807) is 24.3 Å². The smallest absolute Gasteiger partial charge is 0.248 e. The summed E-state index contributed by atoms with van der Waals surface area (Å²) in [6.07, 6.45) is 4.89. The average Bonchev–Trinajstić information content (AvgIpc) is 2.43. The summed E-state index contributed by atoms with van der Waals surface area (Å²) in [6, 6.07) is 6.90. The van der Waals surface area contributed by atoms with E-state index >= 15 is 0 Å². The van der Waals surface area contributed by atoms with Crippen molar-refractivity contribution in [3.63, 3.8) is 0 Å². The van der Waals surface area contributed by atoms with E-state index in [9.17, 15) is 14.7 Å². The number of aliphatic carboxylic acids is 1. The largest absolute Gasteiger partial charge is 0.545 e. The van der Waals surface area contributed by atoms with Gasteiger partial charge in [0.05, 0.1) is 12.6 Å². The maximum absolute atomic E-state index is 11.3. The molecule has 0 bridgehead atoms. The third-order valence-electron chi connectivity index (χ3n) is 2.51. The van der Waals surface area contributed by atoms with Crippen LogP contribution in [-0.4, -0.2) is 18.5 Å². The zero-order chi connectivity index (χ0) is 14.8. The van der Waals surface area contributed by atoms with E-state index < -0.39 is 11.9 Å². The highest BCUT2D eigenvalue weighted by Crippen LogP contribution is 2.16. The number of carbonyl (C=O) groups excluding carboxylic acids is 2. The molecule has 1 aromatic rings. The molecule has 0 heterocycles. The van der Waals surface area contributed by atoms with E-state index in [2.05, 4.69) is 12.2 Å². The first-order chi connectivity index (χ1) is 9.61. The van der Waals surface area contributed by atoms with Crippen molar-refractivity contribution in [2.24, 2.45) is 0 Å². The molecular formula is C15H18NO4-. The van der Waals surface area contributed by atoms with Crippen molar-refractivity contribution in [1.29, 1.82) is 0 Å². The average molecular weight is 276 g/mol. The molecule has 0 spiro atoms. The highest BCUT2D eigenvalue weighted by atomic mass is 16.5. The number of carboxylic acids is 1. The van der Waals surface area contributed by atoms with Gasteiger partial charge in [-0.25, -0.2) is 0 Å². The number of rotatable bonds is 8. The first kappa shape index (κ1) is 15.8. The van der Waals surface area contributed by atoms with Gasteiger partial charge in [-0.3, -0.25) is 4.79 Å². The summed E-state index contributed by atoms with van der Waals surface area (Å²) < 4.78 is 5.53. The van der Waals surface area contributed by atoms with Crippen molar-refractivity contribution in [2.45, 2.75) is 26.2 Å². The molecule has 1 N–H and O–H groups in total. The highest BCUT2D eigenvalue weighted by molar-refractivity contribution is 6.02. The molecule has 1 aromatic carbocycles. The van der Waals surface area contributed by atoms with Crippen LogP contribution >= 0.6 is 0 Å². The van der Waals surface area contributed by atoms with E-state index in [0.717, 1.165) is 31.1 Å². The highest BCUT2D eigenvalue weighted by Gasteiger charge is 1.99. The Hall–Kier alpha value is -2.30. The molecule has 108 valence electrons. The number of nitrogens with one attached hydrogen (secondary N) is 1. The molecule has 1 rings (SSSR count). The van der Waals surface area contributed by atoms with Crippen molar-refractivity contribution in [3.05, 3.63) is 36.4 Å². The summed E-state index contributed by atoms with van der Waals surface area (Å²) in [4.78, 5) is 21.5. The van der Waals surface area contributed by atoms with Crippen LogP contribution in [0, 0.1) is 0 Å². The number of carboxylic acid groups (broad SMARTS) is 1. The third-order valence-corrected chi connectivity index (χ3v) is 2.51. The molecular weight excluding hydrogens is 258 g/mol. The topological polar surface area (TPSA) is 78.5 Å². The van der Waals surface area contributed by atoms with Crippen LogP contribution in [0.2, 0.25) is 0 Å². The Morgan fingerprint density at radius 3 is 2.50 bits per heavy atom. The second kappa shape index (κ2) is 8.74. The second-order valence-electron chi connectivity index (χ2n) is 4.22. The van der Waals surface area contributed by atoms with Crippen LogP contribution in [0.15, 0.2) is 36.4 Å². The van der Waals surface area contributed by atoms with Crippen LogP contribution in [0.4, 0.5) is 5.69 Å². The number of unbranched alkanes of at least 4 members (excludes halogenated alkanes) is 2. The van der Waals surface area contributed by atoms with Gasteiger partial charge in [-0.15, -0.1) is 0 Å². The fourth-order valence-corrected chi connectivity index (χ4v) is 1.50. The summed E-state index contributed by atoms with van der Waals surface area (Å²) in [7, 11) is 0. The molecule has 0 saturated heterocycles. The second-order valence-corrected chi connectivity index (χ2v) is 4.22. The maximum atomic E-state index is 11.3. The van der Waals surface area contributed by atoms with Gasteiger partial charge in [0.25, 0.3) is 0 Å². The zero-order valence-corrected chi connectivity index (χ0v) is 11.4. The third kappa shape index (κ3) is 6.58. The summed E-state index contributed by atoms with van der Waals surface area (Å²) in [6.45, 7) is 2.81. The minimum absolute atomic E-state index is 0.522. The van der Waals surface area contributed by atoms with Gasteiger partial charge >= 0.3 is 0 Å². The number of benzene rings is 1. The Labute approximate surface area is 118 Å². The Kier molecular flexibility index (Phi) is 6.89. The Bertz CT molecular complexity index is 465. The lowest BCUT2D eigenvalue weighted by Gasteiger charge is -2.07. The molecule has 1 amide bonds. The van der Waals surface area contributed by atoms with Crippen molar-refractivity contribution in [2.75, 3.05) is 11.9 Å². The molecule has 0 unspecified atom stereocenters. The number of ether oxygens (including phenoxy) is 1. The first-order valence-corrected chi connectivity index (χ1v) is 6.54. The van der Waals surface area contributed by atoms with Crippen LogP contribution < -0.4 is 15.2 Å². The Morgan fingerprint density at radius 2 is 1.90 bits per heavy atom.